The normalized spacial score (nSPS) is 12.6. The molecule has 1 aromatic rings. The number of aromatic nitrogens is 1. The van der Waals surface area contributed by atoms with E-state index in [0.29, 0.717) is 11.8 Å². The van der Waals surface area contributed by atoms with Gasteiger partial charge in [-0.3, -0.25) is 0 Å². The molecule has 84 valence electrons. The van der Waals surface area contributed by atoms with Crippen molar-refractivity contribution < 1.29 is 0 Å². The molecule has 1 aromatic heterocycles. The maximum Gasteiger partial charge on any atom is 0.127 e. The van der Waals surface area contributed by atoms with Gasteiger partial charge in [-0.25, -0.2) is 4.98 Å². The van der Waals surface area contributed by atoms with Gasteiger partial charge in [-0.1, -0.05) is 20.8 Å². The van der Waals surface area contributed by atoms with Crippen molar-refractivity contribution in [3.63, 3.8) is 0 Å². The molecule has 3 nitrogen and oxygen atoms in total. The smallest absolute Gasteiger partial charge is 0.127 e. The third-order valence-electron chi connectivity index (χ3n) is 2.78. The molecule has 0 fully saturated rings. The lowest BCUT2D eigenvalue weighted by atomic mass is 9.98. The average molecular weight is 207 g/mol. The summed E-state index contributed by atoms with van der Waals surface area (Å²) in [5.74, 6) is 2.29. The molecule has 0 aromatic carbocycles. The molecule has 0 radical (unpaired) electrons. The highest BCUT2D eigenvalue weighted by atomic mass is 15.0. The van der Waals surface area contributed by atoms with Crippen LogP contribution in [0.25, 0.3) is 0 Å². The van der Waals surface area contributed by atoms with Crippen molar-refractivity contribution in [2.45, 2.75) is 20.8 Å². The van der Waals surface area contributed by atoms with E-state index in [-0.39, 0.29) is 0 Å². The van der Waals surface area contributed by atoms with E-state index in [9.17, 15) is 0 Å². The van der Waals surface area contributed by atoms with Crippen LogP contribution in [0.2, 0.25) is 0 Å². The highest BCUT2D eigenvalue weighted by Gasteiger charge is 2.06. The first-order valence-electron chi connectivity index (χ1n) is 5.51. The zero-order chi connectivity index (χ0) is 11.3. The van der Waals surface area contributed by atoms with Crippen molar-refractivity contribution in [1.82, 2.24) is 4.98 Å². The summed E-state index contributed by atoms with van der Waals surface area (Å²) in [4.78, 5) is 4.17. The molecule has 0 saturated heterocycles. The zero-order valence-corrected chi connectivity index (χ0v) is 10.0. The Morgan fingerprint density at radius 3 is 2.67 bits per heavy atom. The number of rotatable bonds is 5. The molecular weight excluding hydrogens is 186 g/mol. The molecule has 0 saturated carbocycles. The summed E-state index contributed by atoms with van der Waals surface area (Å²) in [6.07, 6.45) is 1.81. The second-order valence-corrected chi connectivity index (χ2v) is 4.28. The van der Waals surface area contributed by atoms with Crippen LogP contribution in [0.3, 0.4) is 0 Å². The molecule has 0 amide bonds. The Morgan fingerprint density at radius 2 is 2.07 bits per heavy atom. The molecule has 3 heteroatoms. The van der Waals surface area contributed by atoms with Crippen LogP contribution in [-0.4, -0.2) is 18.6 Å². The molecule has 1 atom stereocenters. The maximum atomic E-state index is 4.17. The summed E-state index contributed by atoms with van der Waals surface area (Å²) in [5.41, 5.74) is 1.13. The Balaban J connectivity index is 2.50. The Hall–Kier alpha value is -1.25. The standard InChI is InChI=1S/C12H21N3/c1-9(2)10(3)8-15-11-5-6-14-12(7-11)13-4/h5-7,9-10H,8H2,1-4H3,(H2,13,14,15). The van der Waals surface area contributed by atoms with E-state index in [4.69, 9.17) is 0 Å². The van der Waals surface area contributed by atoms with Gasteiger partial charge in [-0.05, 0) is 17.9 Å². The second-order valence-electron chi connectivity index (χ2n) is 4.28. The van der Waals surface area contributed by atoms with Gasteiger partial charge in [0, 0.05) is 31.5 Å². The van der Waals surface area contributed by atoms with Crippen LogP contribution in [-0.2, 0) is 0 Å². The summed E-state index contributed by atoms with van der Waals surface area (Å²) >= 11 is 0. The van der Waals surface area contributed by atoms with Crippen LogP contribution in [0, 0.1) is 11.8 Å². The summed E-state index contributed by atoms with van der Waals surface area (Å²) in [6, 6.07) is 4.01. The Labute approximate surface area is 92.3 Å². The van der Waals surface area contributed by atoms with Gasteiger partial charge in [0.05, 0.1) is 0 Å². The van der Waals surface area contributed by atoms with Crippen molar-refractivity contribution in [2.24, 2.45) is 11.8 Å². The summed E-state index contributed by atoms with van der Waals surface area (Å²) in [5, 5.41) is 6.45. The van der Waals surface area contributed by atoms with Crippen LogP contribution >= 0.6 is 0 Å². The first-order valence-corrected chi connectivity index (χ1v) is 5.51. The maximum absolute atomic E-state index is 4.17. The molecule has 2 N–H and O–H groups in total. The molecule has 1 heterocycles. The highest BCUT2D eigenvalue weighted by molar-refractivity contribution is 5.51. The van der Waals surface area contributed by atoms with Crippen LogP contribution in [0.1, 0.15) is 20.8 Å². The Bertz CT molecular complexity index is 297. The highest BCUT2D eigenvalue weighted by Crippen LogP contribution is 2.14. The van der Waals surface area contributed by atoms with Crippen molar-refractivity contribution in [2.75, 3.05) is 24.2 Å². The van der Waals surface area contributed by atoms with Crippen molar-refractivity contribution in [3.8, 4) is 0 Å². The lowest BCUT2D eigenvalue weighted by Gasteiger charge is -2.17. The number of nitrogens with one attached hydrogen (secondary N) is 2. The van der Waals surface area contributed by atoms with Gasteiger partial charge in [0.2, 0.25) is 0 Å². The average Bonchev–Trinajstić information content (AvgIpc) is 2.26. The van der Waals surface area contributed by atoms with E-state index in [1.807, 2.05) is 25.4 Å². The van der Waals surface area contributed by atoms with E-state index in [1.54, 1.807) is 0 Å². The number of pyridine rings is 1. The molecular formula is C12H21N3. The fourth-order valence-electron chi connectivity index (χ4n) is 1.19. The van der Waals surface area contributed by atoms with Gasteiger partial charge in [0.15, 0.2) is 0 Å². The van der Waals surface area contributed by atoms with Crippen LogP contribution < -0.4 is 10.6 Å². The topological polar surface area (TPSA) is 37.0 Å². The minimum Gasteiger partial charge on any atom is -0.385 e. The Kier molecular flexibility index (Phi) is 4.40. The minimum absolute atomic E-state index is 0.677. The van der Waals surface area contributed by atoms with E-state index in [1.165, 1.54) is 0 Å². The molecule has 0 bridgehead atoms. The predicted octanol–water partition coefficient (Wildman–Crippen LogP) is 2.83. The van der Waals surface area contributed by atoms with E-state index < -0.39 is 0 Å². The van der Waals surface area contributed by atoms with E-state index in [2.05, 4.69) is 36.4 Å². The fraction of sp³-hybridized carbons (Fsp3) is 0.583. The number of hydrogen-bond acceptors (Lipinski definition) is 3. The summed E-state index contributed by atoms with van der Waals surface area (Å²) < 4.78 is 0. The molecule has 0 spiro atoms. The number of hydrogen-bond donors (Lipinski definition) is 2. The second kappa shape index (κ2) is 5.59. The van der Waals surface area contributed by atoms with Gasteiger partial charge < -0.3 is 10.6 Å². The molecule has 0 aliphatic rings. The summed E-state index contributed by atoms with van der Waals surface area (Å²) in [7, 11) is 1.88. The van der Waals surface area contributed by atoms with Crippen molar-refractivity contribution in [1.29, 1.82) is 0 Å². The first-order chi connectivity index (χ1) is 7.13. The quantitative estimate of drug-likeness (QED) is 0.779. The Morgan fingerprint density at radius 1 is 1.33 bits per heavy atom. The van der Waals surface area contributed by atoms with Gasteiger partial charge in [0.25, 0.3) is 0 Å². The van der Waals surface area contributed by atoms with Gasteiger partial charge in [-0.2, -0.15) is 0 Å². The molecule has 1 rings (SSSR count). The van der Waals surface area contributed by atoms with E-state index in [0.717, 1.165) is 18.1 Å². The van der Waals surface area contributed by atoms with Gasteiger partial charge in [-0.15, -0.1) is 0 Å². The van der Waals surface area contributed by atoms with Crippen LogP contribution in [0.15, 0.2) is 18.3 Å². The zero-order valence-electron chi connectivity index (χ0n) is 10.0. The van der Waals surface area contributed by atoms with Crippen molar-refractivity contribution >= 4 is 11.5 Å². The monoisotopic (exact) mass is 207 g/mol. The lowest BCUT2D eigenvalue weighted by Crippen LogP contribution is -2.16. The first kappa shape index (κ1) is 11.8. The third kappa shape index (κ3) is 3.78. The third-order valence-corrected chi connectivity index (χ3v) is 2.78. The molecule has 1 unspecified atom stereocenters. The van der Waals surface area contributed by atoms with E-state index >= 15 is 0 Å². The van der Waals surface area contributed by atoms with Gasteiger partial charge >= 0.3 is 0 Å². The SMILES string of the molecule is CNc1cc(NCC(C)C(C)C)ccn1. The molecule has 0 aliphatic carbocycles. The van der Waals surface area contributed by atoms with Gasteiger partial charge in [0.1, 0.15) is 5.82 Å². The molecule has 0 aliphatic heterocycles. The number of anilines is 2. The molecule has 15 heavy (non-hydrogen) atoms. The largest absolute Gasteiger partial charge is 0.385 e. The van der Waals surface area contributed by atoms with Crippen LogP contribution in [0.5, 0.6) is 0 Å². The minimum atomic E-state index is 0.677. The number of nitrogens with zero attached hydrogens (tertiary/aromatic N) is 1. The lowest BCUT2D eigenvalue weighted by molar-refractivity contribution is 0.440. The fourth-order valence-corrected chi connectivity index (χ4v) is 1.19. The van der Waals surface area contributed by atoms with Crippen LogP contribution in [0.4, 0.5) is 11.5 Å². The summed E-state index contributed by atoms with van der Waals surface area (Å²) in [6.45, 7) is 7.76. The predicted molar refractivity (Wildman–Crippen MR) is 66.3 cm³/mol. The van der Waals surface area contributed by atoms with Crippen molar-refractivity contribution in [3.05, 3.63) is 18.3 Å².